The second kappa shape index (κ2) is 10.3. The van der Waals surface area contributed by atoms with Gasteiger partial charge in [0.2, 0.25) is 5.91 Å². The van der Waals surface area contributed by atoms with Gasteiger partial charge in [0.05, 0.1) is 18.7 Å². The Balaban J connectivity index is 1.59. The Kier molecular flexibility index (Phi) is 7.73. The number of hydroxylamine groups is 2. The number of urea groups is 1. The van der Waals surface area contributed by atoms with Crippen molar-refractivity contribution >= 4 is 34.9 Å². The Morgan fingerprint density at radius 2 is 2.09 bits per heavy atom. The average Bonchev–Trinajstić information content (AvgIpc) is 3.32. The van der Waals surface area contributed by atoms with Crippen molar-refractivity contribution in [2.75, 3.05) is 26.2 Å². The van der Waals surface area contributed by atoms with Crippen LogP contribution in [0.4, 0.5) is 9.59 Å². The zero-order valence-electron chi connectivity index (χ0n) is 18.9. The third kappa shape index (κ3) is 5.98. The summed E-state index contributed by atoms with van der Waals surface area (Å²) >= 11 is 1.49. The number of fused-ring (bicyclic) bond motifs is 2. The first-order valence-electron chi connectivity index (χ1n) is 10.8. The van der Waals surface area contributed by atoms with E-state index in [4.69, 9.17) is 9.57 Å². The largest absolute Gasteiger partial charge is 0.444 e. The molecule has 0 aromatic carbocycles. The van der Waals surface area contributed by atoms with Crippen LogP contribution in [0.3, 0.4) is 0 Å². The molecule has 1 fully saturated rings. The molecule has 0 saturated carbocycles. The van der Waals surface area contributed by atoms with Gasteiger partial charge in [-0.1, -0.05) is 6.92 Å². The highest BCUT2D eigenvalue weighted by Gasteiger charge is 2.46. The first-order chi connectivity index (χ1) is 15.2. The molecule has 10 nitrogen and oxygen atoms in total. The van der Waals surface area contributed by atoms with Gasteiger partial charge in [-0.2, -0.15) is 5.06 Å². The minimum Gasteiger partial charge on any atom is -0.444 e. The van der Waals surface area contributed by atoms with Crippen LogP contribution in [0.5, 0.6) is 0 Å². The van der Waals surface area contributed by atoms with Gasteiger partial charge in [-0.05, 0) is 33.3 Å². The van der Waals surface area contributed by atoms with Gasteiger partial charge in [0.25, 0.3) is 0 Å². The number of carbonyl (C=O) groups excluding carboxylic acids is 3. The standard InChI is InChI=1S/C21H31N5O5S/c1-5-9-30-26-14-11-15(18-22-8-10-32-18)16(25(13-14)20(26)29)12-24-17(27)6-7-23-19(28)31-21(2,3)4/h8,10-11,14,16H,5-7,9,12-13H2,1-4H3,(H,23,28)(H,24,27)/t14-,16-/m1/s1. The topological polar surface area (TPSA) is 113 Å². The van der Waals surface area contributed by atoms with E-state index in [1.807, 2.05) is 18.4 Å². The second-order valence-corrected chi connectivity index (χ2v) is 9.51. The fourth-order valence-corrected chi connectivity index (χ4v) is 4.23. The number of rotatable bonds is 9. The van der Waals surface area contributed by atoms with Crippen LogP contribution in [-0.4, -0.2) is 76.9 Å². The molecule has 0 unspecified atom stereocenters. The number of thiazole rings is 1. The first kappa shape index (κ1) is 24.0. The van der Waals surface area contributed by atoms with Crippen LogP contribution in [0.25, 0.3) is 5.57 Å². The number of hydrogen-bond acceptors (Lipinski definition) is 7. The van der Waals surface area contributed by atoms with Crippen molar-refractivity contribution in [2.45, 2.75) is 58.2 Å². The predicted octanol–water partition coefficient (Wildman–Crippen LogP) is 2.39. The van der Waals surface area contributed by atoms with Crippen LogP contribution in [0.1, 0.15) is 45.5 Å². The van der Waals surface area contributed by atoms with E-state index < -0.39 is 11.7 Å². The average molecular weight is 466 g/mol. The third-order valence-corrected chi connectivity index (χ3v) is 5.68. The van der Waals surface area contributed by atoms with Crippen LogP contribution in [-0.2, 0) is 14.4 Å². The summed E-state index contributed by atoms with van der Waals surface area (Å²) in [5, 5.41) is 9.57. The SMILES string of the molecule is CCCON1C(=O)N2C[C@H]1C=C(c1nccs1)[C@H]2CNC(=O)CCNC(=O)OC(C)(C)C. The maximum absolute atomic E-state index is 12.9. The van der Waals surface area contributed by atoms with E-state index >= 15 is 0 Å². The smallest absolute Gasteiger partial charge is 0.407 e. The highest BCUT2D eigenvalue weighted by atomic mass is 32.1. The summed E-state index contributed by atoms with van der Waals surface area (Å²) < 4.78 is 5.16. The van der Waals surface area contributed by atoms with E-state index in [-0.39, 0.29) is 43.5 Å². The molecule has 176 valence electrons. The van der Waals surface area contributed by atoms with Gasteiger partial charge < -0.3 is 20.3 Å². The molecular formula is C21H31N5O5S. The van der Waals surface area contributed by atoms with E-state index in [1.54, 1.807) is 31.9 Å². The molecule has 1 aromatic heterocycles. The molecule has 3 heterocycles. The van der Waals surface area contributed by atoms with Gasteiger partial charge >= 0.3 is 12.1 Å². The minimum atomic E-state index is -0.596. The summed E-state index contributed by atoms with van der Waals surface area (Å²) in [5.74, 6) is -0.229. The van der Waals surface area contributed by atoms with Gasteiger partial charge in [-0.3, -0.25) is 9.63 Å². The number of nitrogens with one attached hydrogen (secondary N) is 2. The highest BCUT2D eigenvalue weighted by molar-refractivity contribution is 7.10. The van der Waals surface area contributed by atoms with Crippen LogP contribution >= 0.6 is 11.3 Å². The van der Waals surface area contributed by atoms with Crippen molar-refractivity contribution in [2.24, 2.45) is 0 Å². The predicted molar refractivity (Wildman–Crippen MR) is 120 cm³/mol. The van der Waals surface area contributed by atoms with Crippen LogP contribution in [0.2, 0.25) is 0 Å². The maximum atomic E-state index is 12.9. The lowest BCUT2D eigenvalue weighted by atomic mass is 9.99. The lowest BCUT2D eigenvalue weighted by Gasteiger charge is -2.31. The van der Waals surface area contributed by atoms with Crippen molar-refractivity contribution in [3.63, 3.8) is 0 Å². The fourth-order valence-electron chi connectivity index (χ4n) is 3.52. The van der Waals surface area contributed by atoms with E-state index in [9.17, 15) is 14.4 Å². The molecule has 2 aliphatic rings. The molecule has 1 saturated heterocycles. The quantitative estimate of drug-likeness (QED) is 0.579. The molecule has 0 aliphatic carbocycles. The molecular weight excluding hydrogens is 434 g/mol. The Hall–Kier alpha value is -2.66. The van der Waals surface area contributed by atoms with Crippen LogP contribution < -0.4 is 10.6 Å². The van der Waals surface area contributed by atoms with Gasteiger partial charge in [0.15, 0.2) is 0 Å². The lowest BCUT2D eigenvalue weighted by molar-refractivity contribution is -0.121. The fraction of sp³-hybridized carbons (Fsp3) is 0.619. The number of nitrogens with zero attached hydrogens (tertiary/aromatic N) is 3. The molecule has 2 atom stereocenters. The molecule has 2 aliphatic heterocycles. The zero-order valence-corrected chi connectivity index (χ0v) is 19.7. The van der Waals surface area contributed by atoms with E-state index in [2.05, 4.69) is 15.6 Å². The van der Waals surface area contributed by atoms with Gasteiger partial charge in [0, 0.05) is 43.2 Å². The Labute approximate surface area is 191 Å². The number of carbonyl (C=O) groups is 3. The number of amides is 4. The monoisotopic (exact) mass is 465 g/mol. The van der Waals surface area contributed by atoms with Crippen molar-refractivity contribution < 1.29 is 24.0 Å². The molecule has 2 bridgehead atoms. The second-order valence-electron chi connectivity index (χ2n) is 8.62. The van der Waals surface area contributed by atoms with Crippen molar-refractivity contribution in [3.8, 4) is 0 Å². The van der Waals surface area contributed by atoms with Crippen molar-refractivity contribution in [3.05, 3.63) is 22.7 Å². The summed E-state index contributed by atoms with van der Waals surface area (Å²) in [6, 6.07) is -0.738. The Morgan fingerprint density at radius 1 is 1.31 bits per heavy atom. The summed E-state index contributed by atoms with van der Waals surface area (Å²) in [4.78, 5) is 48.8. The zero-order chi connectivity index (χ0) is 23.3. The Bertz CT molecular complexity index is 851. The normalized spacial score (nSPS) is 20.2. The third-order valence-electron chi connectivity index (χ3n) is 4.85. The summed E-state index contributed by atoms with van der Waals surface area (Å²) in [6.45, 7) is 8.67. The summed E-state index contributed by atoms with van der Waals surface area (Å²) in [6.07, 6.45) is 4.07. The summed E-state index contributed by atoms with van der Waals surface area (Å²) in [7, 11) is 0. The first-order valence-corrected chi connectivity index (χ1v) is 11.7. The Morgan fingerprint density at radius 3 is 2.75 bits per heavy atom. The molecule has 2 N–H and O–H groups in total. The van der Waals surface area contributed by atoms with E-state index in [0.717, 1.165) is 17.0 Å². The number of alkyl carbamates (subject to hydrolysis) is 1. The molecule has 0 spiro atoms. The van der Waals surface area contributed by atoms with E-state index in [0.29, 0.717) is 13.2 Å². The van der Waals surface area contributed by atoms with Gasteiger partial charge in [-0.25, -0.2) is 14.6 Å². The van der Waals surface area contributed by atoms with Crippen LogP contribution in [0, 0.1) is 0 Å². The van der Waals surface area contributed by atoms with Crippen molar-refractivity contribution in [1.29, 1.82) is 0 Å². The minimum absolute atomic E-state index is 0.102. The molecule has 11 heteroatoms. The number of aromatic nitrogens is 1. The van der Waals surface area contributed by atoms with Crippen molar-refractivity contribution in [1.82, 2.24) is 25.6 Å². The number of ether oxygens (including phenoxy) is 1. The van der Waals surface area contributed by atoms with Gasteiger partial charge in [0.1, 0.15) is 10.6 Å². The lowest BCUT2D eigenvalue weighted by Crippen LogP contribution is -2.47. The maximum Gasteiger partial charge on any atom is 0.407 e. The van der Waals surface area contributed by atoms with Crippen LogP contribution in [0.15, 0.2) is 17.7 Å². The molecule has 0 radical (unpaired) electrons. The molecule has 1 aromatic rings. The molecule has 3 rings (SSSR count). The molecule has 32 heavy (non-hydrogen) atoms. The van der Waals surface area contributed by atoms with Gasteiger partial charge in [-0.15, -0.1) is 11.3 Å². The number of hydrogen-bond donors (Lipinski definition) is 2. The van der Waals surface area contributed by atoms with E-state index in [1.165, 1.54) is 16.4 Å². The highest BCUT2D eigenvalue weighted by Crippen LogP contribution is 2.35. The molecule has 4 amide bonds. The summed E-state index contributed by atoms with van der Waals surface area (Å²) in [5.41, 5.74) is 0.306.